The zero-order chi connectivity index (χ0) is 18.7. The summed E-state index contributed by atoms with van der Waals surface area (Å²) in [7, 11) is 1.80. The van der Waals surface area contributed by atoms with Gasteiger partial charge in [-0.3, -0.25) is 9.89 Å². The molecule has 1 aliphatic rings. The van der Waals surface area contributed by atoms with Crippen LogP contribution in [0.5, 0.6) is 0 Å². The minimum absolute atomic E-state index is 0.169. The summed E-state index contributed by atoms with van der Waals surface area (Å²) in [5.74, 6) is 0.864. The standard InChI is InChI=1S/C21H22ClN3S/c1-5-19-20(23-4)25(16-9-7-6-8-10-16)21(24-19)26-15(3)17-12-11-14(2)13-18(17)22/h5-13,15H,1-4H3/b19-5+,23-20?. The van der Waals surface area contributed by atoms with Crippen LogP contribution < -0.4 is 4.90 Å². The highest BCUT2D eigenvalue weighted by Crippen LogP contribution is 2.38. The number of thioether (sulfide) groups is 1. The van der Waals surface area contributed by atoms with E-state index in [9.17, 15) is 0 Å². The van der Waals surface area contributed by atoms with Gasteiger partial charge < -0.3 is 0 Å². The summed E-state index contributed by atoms with van der Waals surface area (Å²) < 4.78 is 0. The molecule has 1 heterocycles. The maximum Gasteiger partial charge on any atom is 0.175 e. The van der Waals surface area contributed by atoms with Gasteiger partial charge in [0.2, 0.25) is 0 Å². The number of hydrogen-bond donors (Lipinski definition) is 0. The second-order valence-corrected chi connectivity index (χ2v) is 7.79. The molecule has 0 amide bonds. The van der Waals surface area contributed by atoms with Gasteiger partial charge in [0.1, 0.15) is 5.70 Å². The van der Waals surface area contributed by atoms with Gasteiger partial charge in [-0.15, -0.1) is 0 Å². The number of aliphatic imine (C=N–C) groups is 2. The van der Waals surface area contributed by atoms with Crippen molar-refractivity contribution in [2.75, 3.05) is 11.9 Å². The van der Waals surface area contributed by atoms with Gasteiger partial charge in [-0.2, -0.15) is 0 Å². The monoisotopic (exact) mass is 383 g/mol. The molecule has 0 aliphatic carbocycles. The zero-order valence-electron chi connectivity index (χ0n) is 15.4. The minimum atomic E-state index is 0.169. The molecule has 0 aromatic heterocycles. The van der Waals surface area contributed by atoms with Crippen LogP contribution in [0.2, 0.25) is 5.02 Å². The fourth-order valence-electron chi connectivity index (χ4n) is 2.89. The molecule has 0 radical (unpaired) electrons. The van der Waals surface area contributed by atoms with Crippen molar-refractivity contribution in [3.8, 4) is 0 Å². The first-order valence-electron chi connectivity index (χ1n) is 8.55. The van der Waals surface area contributed by atoms with E-state index in [0.29, 0.717) is 0 Å². The third-order valence-corrected chi connectivity index (χ3v) is 5.64. The van der Waals surface area contributed by atoms with Crippen molar-refractivity contribution in [1.29, 1.82) is 0 Å². The van der Waals surface area contributed by atoms with Crippen molar-refractivity contribution in [1.82, 2.24) is 0 Å². The van der Waals surface area contributed by atoms with Crippen molar-refractivity contribution in [2.45, 2.75) is 26.0 Å². The highest BCUT2D eigenvalue weighted by molar-refractivity contribution is 8.14. The number of hydrogen-bond acceptors (Lipinski definition) is 3. The molecule has 26 heavy (non-hydrogen) atoms. The summed E-state index contributed by atoms with van der Waals surface area (Å²) in [6.07, 6.45) is 2.00. The lowest BCUT2D eigenvalue weighted by Crippen LogP contribution is -2.30. The van der Waals surface area contributed by atoms with E-state index in [0.717, 1.165) is 38.5 Å². The first kappa shape index (κ1) is 18.7. The van der Waals surface area contributed by atoms with Crippen LogP contribution in [0.15, 0.2) is 70.3 Å². The molecular formula is C21H22ClN3S. The molecule has 0 saturated carbocycles. The SMILES string of the molecule is C/C=C1/N=C(SC(C)c2ccc(C)cc2Cl)N(c2ccccc2)C1=NC. The van der Waals surface area contributed by atoms with Crippen LogP contribution >= 0.6 is 23.4 Å². The van der Waals surface area contributed by atoms with Gasteiger partial charge in [-0.1, -0.05) is 59.8 Å². The van der Waals surface area contributed by atoms with E-state index >= 15 is 0 Å². The van der Waals surface area contributed by atoms with E-state index in [1.165, 1.54) is 0 Å². The van der Waals surface area contributed by atoms with Crippen molar-refractivity contribution < 1.29 is 0 Å². The largest absolute Gasteiger partial charge is 0.272 e. The first-order valence-corrected chi connectivity index (χ1v) is 9.81. The molecule has 0 spiro atoms. The Morgan fingerprint density at radius 3 is 2.54 bits per heavy atom. The summed E-state index contributed by atoms with van der Waals surface area (Å²) in [6, 6.07) is 16.4. The third kappa shape index (κ3) is 3.71. The predicted molar refractivity (Wildman–Crippen MR) is 116 cm³/mol. The fourth-order valence-corrected chi connectivity index (χ4v) is 4.45. The van der Waals surface area contributed by atoms with Gasteiger partial charge >= 0.3 is 0 Å². The first-order chi connectivity index (χ1) is 12.5. The van der Waals surface area contributed by atoms with E-state index in [2.05, 4.69) is 41.1 Å². The maximum atomic E-state index is 6.47. The van der Waals surface area contributed by atoms with Gasteiger partial charge in [0, 0.05) is 23.0 Å². The number of amidine groups is 2. The minimum Gasteiger partial charge on any atom is -0.272 e. The second-order valence-electron chi connectivity index (χ2n) is 6.07. The van der Waals surface area contributed by atoms with Crippen LogP contribution in [0.3, 0.4) is 0 Å². The number of nitrogens with zero attached hydrogens (tertiary/aromatic N) is 3. The number of para-hydroxylation sites is 1. The molecule has 0 fully saturated rings. The highest BCUT2D eigenvalue weighted by atomic mass is 35.5. The van der Waals surface area contributed by atoms with Gasteiger partial charge in [0.25, 0.3) is 0 Å². The van der Waals surface area contributed by atoms with Crippen molar-refractivity contribution >= 4 is 40.1 Å². The lowest BCUT2D eigenvalue weighted by Gasteiger charge is -2.23. The fraction of sp³-hybridized carbons (Fsp3) is 0.238. The summed E-state index contributed by atoms with van der Waals surface area (Å²) >= 11 is 8.16. The van der Waals surface area contributed by atoms with Gasteiger partial charge in [0.05, 0.1) is 0 Å². The van der Waals surface area contributed by atoms with Gasteiger partial charge in [0.15, 0.2) is 11.0 Å². The van der Waals surface area contributed by atoms with Crippen molar-refractivity contribution in [3.05, 3.63) is 76.5 Å². The second kappa shape index (κ2) is 8.11. The topological polar surface area (TPSA) is 28.0 Å². The van der Waals surface area contributed by atoms with Crippen LogP contribution in [-0.4, -0.2) is 18.1 Å². The zero-order valence-corrected chi connectivity index (χ0v) is 17.0. The summed E-state index contributed by atoms with van der Waals surface area (Å²) in [5.41, 5.74) is 4.22. The molecule has 2 aromatic rings. The van der Waals surface area contributed by atoms with E-state index in [-0.39, 0.29) is 5.25 Å². The Kier molecular flexibility index (Phi) is 5.84. The molecular weight excluding hydrogens is 362 g/mol. The molecule has 3 nitrogen and oxygen atoms in total. The quantitative estimate of drug-likeness (QED) is 0.626. The number of benzene rings is 2. The number of halogens is 1. The molecule has 3 rings (SSSR count). The lowest BCUT2D eigenvalue weighted by molar-refractivity contribution is 1.10. The van der Waals surface area contributed by atoms with Crippen molar-refractivity contribution in [2.24, 2.45) is 9.98 Å². The number of rotatable bonds is 3. The number of aryl methyl sites for hydroxylation is 1. The van der Waals surface area contributed by atoms with Crippen LogP contribution in [0, 0.1) is 6.92 Å². The molecule has 134 valence electrons. The normalized spacial score (nSPS) is 18.5. The Bertz CT molecular complexity index is 887. The Hall–Kier alpha value is -2.04. The number of allylic oxidation sites excluding steroid dienone is 1. The summed E-state index contributed by atoms with van der Waals surface area (Å²) in [5, 5.41) is 1.88. The van der Waals surface area contributed by atoms with Crippen LogP contribution in [0.1, 0.15) is 30.2 Å². The molecule has 2 aromatic carbocycles. The molecule has 0 saturated heterocycles. The van der Waals surface area contributed by atoms with Crippen LogP contribution in [0.25, 0.3) is 0 Å². The van der Waals surface area contributed by atoms with Crippen LogP contribution in [-0.2, 0) is 0 Å². The van der Waals surface area contributed by atoms with E-state index < -0.39 is 0 Å². The molecule has 0 N–H and O–H groups in total. The summed E-state index contributed by atoms with van der Waals surface area (Å²) in [6.45, 7) is 6.19. The van der Waals surface area contributed by atoms with E-state index in [1.807, 2.05) is 44.2 Å². The van der Waals surface area contributed by atoms with Crippen molar-refractivity contribution in [3.63, 3.8) is 0 Å². The maximum absolute atomic E-state index is 6.47. The number of anilines is 1. The Morgan fingerprint density at radius 2 is 1.92 bits per heavy atom. The lowest BCUT2D eigenvalue weighted by atomic mass is 10.1. The van der Waals surface area contributed by atoms with Crippen LogP contribution in [0.4, 0.5) is 5.69 Å². The Balaban J connectivity index is 1.96. The van der Waals surface area contributed by atoms with Gasteiger partial charge in [-0.25, -0.2) is 4.99 Å². The van der Waals surface area contributed by atoms with E-state index in [4.69, 9.17) is 16.6 Å². The van der Waals surface area contributed by atoms with E-state index in [1.54, 1.807) is 18.8 Å². The molecule has 1 unspecified atom stereocenters. The molecule has 5 heteroatoms. The van der Waals surface area contributed by atoms with Gasteiger partial charge in [-0.05, 0) is 50.1 Å². The average molecular weight is 384 g/mol. The average Bonchev–Trinajstić information content (AvgIpc) is 2.99. The Morgan fingerprint density at radius 1 is 1.19 bits per heavy atom. The molecule has 1 atom stereocenters. The molecule has 1 aliphatic heterocycles. The molecule has 0 bridgehead atoms. The third-order valence-electron chi connectivity index (χ3n) is 4.22. The summed E-state index contributed by atoms with van der Waals surface area (Å²) in [4.78, 5) is 11.4. The Labute approximate surface area is 164 Å². The highest BCUT2D eigenvalue weighted by Gasteiger charge is 2.30. The predicted octanol–water partition coefficient (Wildman–Crippen LogP) is 6.25. The smallest absolute Gasteiger partial charge is 0.175 e.